The van der Waals surface area contributed by atoms with Gasteiger partial charge < -0.3 is 9.80 Å². The molecule has 3 aliphatic rings. The molecule has 0 unspecified atom stereocenters. The van der Waals surface area contributed by atoms with E-state index in [-0.39, 0.29) is 16.2 Å². The molecule has 0 atom stereocenters. The Morgan fingerprint density at radius 3 is 1.30 bits per heavy atom. The summed E-state index contributed by atoms with van der Waals surface area (Å²) in [6.45, 7) is 15.0. The predicted molar refractivity (Wildman–Crippen MR) is 305 cm³/mol. The Kier molecular flexibility index (Phi) is 11.5. The molecule has 12 rings (SSSR count). The number of rotatable bonds is 8. The molecule has 0 radical (unpaired) electrons. The van der Waals surface area contributed by atoms with E-state index in [2.05, 4.69) is 233 Å². The molecule has 0 spiro atoms. The van der Waals surface area contributed by atoms with E-state index in [9.17, 15) is 0 Å². The Morgan fingerprint density at radius 2 is 0.789 bits per heavy atom. The molecule has 0 bridgehead atoms. The van der Waals surface area contributed by atoms with E-state index in [0.29, 0.717) is 11.8 Å². The van der Waals surface area contributed by atoms with Crippen LogP contribution in [0.4, 0.5) is 34.1 Å². The molecule has 2 fully saturated rings. The first-order valence-corrected chi connectivity index (χ1v) is 27.0. The molecule has 9 aromatic carbocycles. The quantitative estimate of drug-likeness (QED) is 0.140. The highest BCUT2D eigenvalue weighted by Gasteiger charge is 2.59. The molecule has 3 aliphatic carbocycles. The summed E-state index contributed by atoms with van der Waals surface area (Å²) in [6.07, 6.45) is 13.3. The van der Waals surface area contributed by atoms with Gasteiger partial charge in [-0.05, 0) is 187 Å². The van der Waals surface area contributed by atoms with Crippen molar-refractivity contribution < 1.29 is 0 Å². The van der Waals surface area contributed by atoms with Gasteiger partial charge in [-0.15, -0.1) is 0 Å². The van der Waals surface area contributed by atoms with E-state index in [1.54, 1.807) is 0 Å². The molecule has 0 amide bonds. The van der Waals surface area contributed by atoms with Crippen molar-refractivity contribution in [3.05, 3.63) is 204 Å². The molecule has 2 nitrogen and oxygen atoms in total. The van der Waals surface area contributed by atoms with Crippen molar-refractivity contribution in [1.29, 1.82) is 0 Å². The van der Waals surface area contributed by atoms with Gasteiger partial charge in [0.05, 0.1) is 0 Å². The Bertz CT molecular complexity index is 3360. The zero-order valence-corrected chi connectivity index (χ0v) is 42.9. The van der Waals surface area contributed by atoms with Gasteiger partial charge in [0.1, 0.15) is 0 Å². The summed E-state index contributed by atoms with van der Waals surface area (Å²) in [5.74, 6) is 1.35. The Hall–Kier alpha value is -6.64. The summed E-state index contributed by atoms with van der Waals surface area (Å²) < 4.78 is 0. The normalized spacial score (nSPS) is 16.3. The maximum Gasteiger partial charge on any atom is 0.0468 e. The van der Waals surface area contributed by atoms with Crippen LogP contribution in [0, 0.1) is 10.8 Å². The summed E-state index contributed by atoms with van der Waals surface area (Å²) in [5.41, 5.74) is 15.1. The molecule has 0 aromatic heterocycles. The van der Waals surface area contributed by atoms with E-state index in [1.165, 1.54) is 164 Å². The van der Waals surface area contributed by atoms with Crippen molar-refractivity contribution in [3.8, 4) is 11.1 Å². The van der Waals surface area contributed by atoms with Crippen LogP contribution in [0.3, 0.4) is 0 Å². The average Bonchev–Trinajstić information content (AvgIpc) is 3.75. The smallest absolute Gasteiger partial charge is 0.0468 e. The van der Waals surface area contributed by atoms with E-state index < -0.39 is 0 Å². The number of hydrogen-bond donors (Lipinski definition) is 0. The van der Waals surface area contributed by atoms with Gasteiger partial charge in [0.15, 0.2) is 0 Å². The Labute approximate surface area is 423 Å². The van der Waals surface area contributed by atoms with Crippen molar-refractivity contribution in [2.24, 2.45) is 10.8 Å². The topological polar surface area (TPSA) is 6.48 Å². The van der Waals surface area contributed by atoms with Crippen molar-refractivity contribution in [3.63, 3.8) is 0 Å². The lowest BCUT2D eigenvalue weighted by molar-refractivity contribution is 0.0977. The highest BCUT2D eigenvalue weighted by Crippen LogP contribution is 2.68. The molecule has 0 saturated heterocycles. The number of para-hydroxylation sites is 2. The summed E-state index contributed by atoms with van der Waals surface area (Å²) in [4.78, 5) is 4.92. The van der Waals surface area contributed by atoms with Crippen molar-refractivity contribution in [2.75, 3.05) is 9.80 Å². The molecule has 356 valence electrons. The second-order valence-electron chi connectivity index (χ2n) is 23.4. The van der Waals surface area contributed by atoms with E-state index in [4.69, 9.17) is 0 Å². The fourth-order valence-corrected chi connectivity index (χ4v) is 14.5. The van der Waals surface area contributed by atoms with Gasteiger partial charge in [-0.1, -0.05) is 189 Å². The number of fused-ring (bicyclic) bond motifs is 10. The number of anilines is 6. The molecule has 2 saturated carbocycles. The van der Waals surface area contributed by atoms with Crippen LogP contribution in [-0.2, 0) is 5.41 Å². The number of hydrogen-bond acceptors (Lipinski definition) is 2. The van der Waals surface area contributed by atoms with Gasteiger partial charge in [0.25, 0.3) is 0 Å². The van der Waals surface area contributed by atoms with Crippen LogP contribution in [0.25, 0.3) is 43.4 Å². The highest BCUT2D eigenvalue weighted by molar-refractivity contribution is 6.20. The lowest BCUT2D eigenvalue weighted by Gasteiger charge is -2.54. The third-order valence-corrected chi connectivity index (χ3v) is 17.3. The number of nitrogens with zero attached hydrogens (tertiary/aromatic N) is 2. The van der Waals surface area contributed by atoms with Crippen LogP contribution < -0.4 is 9.80 Å². The van der Waals surface area contributed by atoms with Crippen molar-refractivity contribution in [1.82, 2.24) is 0 Å². The second-order valence-corrected chi connectivity index (χ2v) is 23.4. The van der Waals surface area contributed by atoms with Crippen LogP contribution in [-0.4, -0.2) is 0 Å². The first-order valence-electron chi connectivity index (χ1n) is 27.0. The van der Waals surface area contributed by atoms with Crippen LogP contribution in [0.2, 0.25) is 0 Å². The predicted octanol–water partition coefficient (Wildman–Crippen LogP) is 20.5. The highest BCUT2D eigenvalue weighted by atomic mass is 15.1. The molecular weight excluding hydrogens is 857 g/mol. The van der Waals surface area contributed by atoms with Crippen molar-refractivity contribution in [2.45, 2.75) is 123 Å². The van der Waals surface area contributed by atoms with Gasteiger partial charge in [-0.25, -0.2) is 0 Å². The van der Waals surface area contributed by atoms with Gasteiger partial charge in [0, 0.05) is 39.5 Å². The lowest BCUT2D eigenvalue weighted by Crippen LogP contribution is -2.50. The molecule has 2 heteroatoms. The Balaban J connectivity index is 1.04. The molecular formula is C69H70N2. The molecule has 0 N–H and O–H groups in total. The fourth-order valence-electron chi connectivity index (χ4n) is 14.5. The standard InChI is InChI=1S/C69H70N2/c1-67(2,3)69(68(4,5)6)65-58-43-40-56(70(52-25-15-9-16-26-52)54-36-31-49(32-37-54)47-21-11-7-12-22-47)45-51(58)35-42-62(65)64-60-30-20-19-29-59(60)63-46-57(41-44-61(63)66(64)69)71(53-27-17-10-18-28-53)55-38-33-50(34-39-55)48-23-13-8-14-24-48/h9-10,15-20,25-48H,7-8,11-14,21-24H2,1-6H3. The second kappa shape index (κ2) is 17.9. The van der Waals surface area contributed by atoms with Crippen LogP contribution in [0.1, 0.15) is 140 Å². The third kappa shape index (κ3) is 7.58. The maximum atomic E-state index is 2.50. The van der Waals surface area contributed by atoms with E-state index >= 15 is 0 Å². The zero-order valence-electron chi connectivity index (χ0n) is 42.9. The van der Waals surface area contributed by atoms with E-state index in [0.717, 1.165) is 0 Å². The monoisotopic (exact) mass is 927 g/mol. The van der Waals surface area contributed by atoms with Crippen molar-refractivity contribution >= 4 is 66.4 Å². The van der Waals surface area contributed by atoms with Crippen LogP contribution in [0.15, 0.2) is 182 Å². The zero-order chi connectivity index (χ0) is 48.5. The molecule has 71 heavy (non-hydrogen) atoms. The first kappa shape index (κ1) is 45.5. The minimum atomic E-state index is -0.363. The number of benzene rings is 9. The van der Waals surface area contributed by atoms with Crippen LogP contribution in [0.5, 0.6) is 0 Å². The third-order valence-electron chi connectivity index (χ3n) is 17.3. The van der Waals surface area contributed by atoms with Gasteiger partial charge in [0.2, 0.25) is 0 Å². The summed E-state index contributed by atoms with van der Waals surface area (Å²) in [7, 11) is 0. The summed E-state index contributed by atoms with van der Waals surface area (Å²) >= 11 is 0. The average molecular weight is 927 g/mol. The Morgan fingerprint density at radius 1 is 0.352 bits per heavy atom. The SMILES string of the molecule is CC(C)(C)C1(C(C)(C)C)c2c(ccc3cc(N(c4ccccc4)c4ccc(C5CCCCC5)cc4)ccc23)-c2c1c1ccc(N(c3ccccc3)c3ccc(C4CCCCC4)cc3)cc1c1ccccc21. The first-order chi connectivity index (χ1) is 34.5. The van der Waals surface area contributed by atoms with Gasteiger partial charge in [-0.2, -0.15) is 0 Å². The molecule has 9 aromatic rings. The summed E-state index contributed by atoms with van der Waals surface area (Å²) in [6, 6.07) is 69.8. The largest absolute Gasteiger partial charge is 0.310 e. The van der Waals surface area contributed by atoms with E-state index in [1.807, 2.05) is 0 Å². The van der Waals surface area contributed by atoms with Gasteiger partial charge >= 0.3 is 0 Å². The maximum absolute atomic E-state index is 2.50. The minimum Gasteiger partial charge on any atom is -0.310 e. The molecule has 0 heterocycles. The minimum absolute atomic E-state index is 0.168. The van der Waals surface area contributed by atoms with Crippen LogP contribution >= 0.6 is 0 Å². The molecule has 0 aliphatic heterocycles. The lowest BCUT2D eigenvalue weighted by atomic mass is 9.49. The summed E-state index contributed by atoms with van der Waals surface area (Å²) in [5, 5.41) is 7.90. The van der Waals surface area contributed by atoms with Gasteiger partial charge in [-0.3, -0.25) is 0 Å². The fraction of sp³-hybridized carbons (Fsp3) is 0.304.